The molecule has 0 spiro atoms. The van der Waals surface area contributed by atoms with E-state index in [0.29, 0.717) is 31.8 Å². The molecule has 0 radical (unpaired) electrons. The van der Waals surface area contributed by atoms with E-state index in [4.69, 9.17) is 5.73 Å². The fourth-order valence-electron chi connectivity index (χ4n) is 4.40. The molecule has 8 nitrogen and oxygen atoms in total. The first-order chi connectivity index (χ1) is 15.0. The van der Waals surface area contributed by atoms with Crippen LogP contribution in [0.25, 0.3) is 0 Å². The lowest BCUT2D eigenvalue weighted by atomic mass is 10.0. The lowest BCUT2D eigenvalue weighted by Crippen LogP contribution is -2.64. The Morgan fingerprint density at radius 3 is 2.55 bits per heavy atom. The number of nitrogens with one attached hydrogen (secondary N) is 2. The number of anilines is 1. The van der Waals surface area contributed by atoms with E-state index < -0.39 is 23.9 Å². The average molecular weight is 434 g/mol. The summed E-state index contributed by atoms with van der Waals surface area (Å²) in [6.07, 6.45) is 5.40. The summed E-state index contributed by atoms with van der Waals surface area (Å²) in [5.41, 5.74) is 5.79. The quantitative estimate of drug-likeness (QED) is 0.613. The van der Waals surface area contributed by atoms with Gasteiger partial charge in [-0.15, -0.1) is 0 Å². The molecule has 3 rings (SSSR count). The molecule has 0 bridgehead atoms. The van der Waals surface area contributed by atoms with E-state index >= 15 is 0 Å². The van der Waals surface area contributed by atoms with Crippen molar-refractivity contribution in [2.75, 3.05) is 31.5 Å². The summed E-state index contributed by atoms with van der Waals surface area (Å²) in [6.45, 7) is 1.23. The third-order valence-corrected chi connectivity index (χ3v) is 5.96. The van der Waals surface area contributed by atoms with E-state index in [2.05, 4.69) is 10.6 Å². The largest absolute Gasteiger partial charge is 0.351 e. The number of hydrogen-bond acceptors (Lipinski definition) is 4. The van der Waals surface area contributed by atoms with Gasteiger partial charge in [-0.25, -0.2) is 9.18 Å². The predicted octanol–water partition coefficient (Wildman–Crippen LogP) is 2.26. The first-order valence-electron chi connectivity index (χ1n) is 11.1. The molecule has 1 unspecified atom stereocenters. The molecular weight excluding hydrogens is 401 g/mol. The van der Waals surface area contributed by atoms with Crippen LogP contribution in [0.15, 0.2) is 24.3 Å². The Hall–Kier alpha value is -2.68. The number of halogens is 1. The van der Waals surface area contributed by atoms with Crippen LogP contribution in [-0.2, 0) is 9.59 Å². The summed E-state index contributed by atoms with van der Waals surface area (Å²) in [7, 11) is 0. The van der Waals surface area contributed by atoms with Gasteiger partial charge in [-0.05, 0) is 37.0 Å². The molecule has 1 atom stereocenters. The lowest BCUT2D eigenvalue weighted by molar-refractivity contribution is -0.148. The molecule has 1 heterocycles. The van der Waals surface area contributed by atoms with Gasteiger partial charge in [0.15, 0.2) is 6.17 Å². The normalized spacial score (nSPS) is 19.4. The number of urea groups is 1. The standard InChI is InChI=1S/C22H32FN5O3/c23-17-7-3-8-18(15-17)26-22(31)28-14-4-13-27(21(28)20(30)25-12-11-24)19(29)10-9-16-5-1-2-6-16/h3,7-8,15-16,21H,1-2,4-6,9-14,24H2,(H,25,30)(H,26,31). The zero-order valence-corrected chi connectivity index (χ0v) is 17.8. The molecule has 1 aromatic rings. The van der Waals surface area contributed by atoms with E-state index in [9.17, 15) is 18.8 Å². The summed E-state index contributed by atoms with van der Waals surface area (Å²) in [5, 5.41) is 5.34. The molecule has 31 heavy (non-hydrogen) atoms. The van der Waals surface area contributed by atoms with Gasteiger partial charge in [-0.2, -0.15) is 0 Å². The Kier molecular flexibility index (Phi) is 8.22. The molecular formula is C22H32FN5O3. The van der Waals surface area contributed by atoms with Crippen molar-refractivity contribution in [1.29, 1.82) is 0 Å². The van der Waals surface area contributed by atoms with Crippen molar-refractivity contribution in [2.24, 2.45) is 11.7 Å². The number of carbonyl (C=O) groups is 3. The second kappa shape index (κ2) is 11.1. The van der Waals surface area contributed by atoms with Crippen molar-refractivity contribution in [3.05, 3.63) is 30.1 Å². The topological polar surface area (TPSA) is 108 Å². The minimum atomic E-state index is -1.05. The number of carbonyl (C=O) groups excluding carboxylic acids is 3. The molecule has 1 aliphatic carbocycles. The van der Waals surface area contributed by atoms with Gasteiger partial charge in [-0.3, -0.25) is 14.5 Å². The second-order valence-corrected chi connectivity index (χ2v) is 8.22. The Bertz CT molecular complexity index is 784. The Morgan fingerprint density at radius 2 is 1.84 bits per heavy atom. The van der Waals surface area contributed by atoms with Gasteiger partial charge in [-0.1, -0.05) is 31.7 Å². The third kappa shape index (κ3) is 6.16. The number of nitrogens with zero attached hydrogens (tertiary/aromatic N) is 2. The molecule has 1 saturated heterocycles. The van der Waals surface area contributed by atoms with Gasteiger partial charge in [0.25, 0.3) is 5.91 Å². The highest BCUT2D eigenvalue weighted by molar-refractivity contribution is 5.95. The van der Waals surface area contributed by atoms with Crippen LogP contribution >= 0.6 is 0 Å². The number of hydrogen-bond donors (Lipinski definition) is 3. The monoisotopic (exact) mass is 433 g/mol. The van der Waals surface area contributed by atoms with Gasteiger partial charge in [0.05, 0.1) is 0 Å². The molecule has 170 valence electrons. The van der Waals surface area contributed by atoms with Crippen LogP contribution in [0, 0.1) is 11.7 Å². The van der Waals surface area contributed by atoms with E-state index in [-0.39, 0.29) is 24.7 Å². The van der Waals surface area contributed by atoms with E-state index in [0.717, 1.165) is 19.3 Å². The molecule has 2 aliphatic rings. The summed E-state index contributed by atoms with van der Waals surface area (Å²) >= 11 is 0. The van der Waals surface area contributed by atoms with Crippen molar-refractivity contribution < 1.29 is 18.8 Å². The van der Waals surface area contributed by atoms with Crippen LogP contribution in [0.2, 0.25) is 0 Å². The Morgan fingerprint density at radius 1 is 1.10 bits per heavy atom. The highest BCUT2D eigenvalue weighted by Crippen LogP contribution is 2.29. The maximum absolute atomic E-state index is 13.5. The van der Waals surface area contributed by atoms with Crippen LogP contribution < -0.4 is 16.4 Å². The highest BCUT2D eigenvalue weighted by atomic mass is 19.1. The smallest absolute Gasteiger partial charge is 0.323 e. The van der Waals surface area contributed by atoms with Crippen molar-refractivity contribution >= 4 is 23.5 Å². The Labute approximate surface area is 182 Å². The molecule has 4 amide bonds. The van der Waals surface area contributed by atoms with E-state index in [1.165, 1.54) is 40.8 Å². The molecule has 1 aliphatic heterocycles. The van der Waals surface area contributed by atoms with Crippen LogP contribution in [0.5, 0.6) is 0 Å². The first kappa shape index (κ1) is 23.0. The fraction of sp³-hybridized carbons (Fsp3) is 0.591. The van der Waals surface area contributed by atoms with Crippen LogP contribution in [-0.4, -0.2) is 60.0 Å². The lowest BCUT2D eigenvalue weighted by Gasteiger charge is -2.42. The van der Waals surface area contributed by atoms with Crippen molar-refractivity contribution in [2.45, 2.75) is 51.1 Å². The van der Waals surface area contributed by atoms with Gasteiger partial charge in [0, 0.05) is 38.3 Å². The second-order valence-electron chi connectivity index (χ2n) is 8.22. The summed E-state index contributed by atoms with van der Waals surface area (Å²) in [5.74, 6) is -0.472. The van der Waals surface area contributed by atoms with Crippen LogP contribution in [0.1, 0.15) is 44.9 Å². The van der Waals surface area contributed by atoms with Crippen LogP contribution in [0.3, 0.4) is 0 Å². The van der Waals surface area contributed by atoms with Gasteiger partial charge in [0.2, 0.25) is 5.91 Å². The van der Waals surface area contributed by atoms with Gasteiger partial charge >= 0.3 is 6.03 Å². The molecule has 1 aromatic carbocycles. The SMILES string of the molecule is NCCNC(=O)C1N(C(=O)CCC2CCCC2)CCCN1C(=O)Nc1cccc(F)c1. The molecule has 4 N–H and O–H groups in total. The first-order valence-corrected chi connectivity index (χ1v) is 11.1. The van der Waals surface area contributed by atoms with Gasteiger partial charge < -0.3 is 21.3 Å². The van der Waals surface area contributed by atoms with Crippen LogP contribution in [0.4, 0.5) is 14.9 Å². The van der Waals surface area contributed by atoms with Crippen molar-refractivity contribution in [3.8, 4) is 0 Å². The number of benzene rings is 1. The maximum atomic E-state index is 13.5. The number of amides is 4. The Balaban J connectivity index is 1.73. The number of nitrogens with two attached hydrogens (primary N) is 1. The molecule has 1 saturated carbocycles. The minimum absolute atomic E-state index is 0.122. The predicted molar refractivity (Wildman–Crippen MR) is 115 cm³/mol. The third-order valence-electron chi connectivity index (χ3n) is 5.96. The van der Waals surface area contributed by atoms with Crippen molar-refractivity contribution in [1.82, 2.24) is 15.1 Å². The summed E-state index contributed by atoms with van der Waals surface area (Å²) < 4.78 is 13.5. The summed E-state index contributed by atoms with van der Waals surface area (Å²) in [6, 6.07) is 5.00. The van der Waals surface area contributed by atoms with E-state index in [1.54, 1.807) is 6.07 Å². The maximum Gasteiger partial charge on any atom is 0.323 e. The highest BCUT2D eigenvalue weighted by Gasteiger charge is 2.40. The fourth-order valence-corrected chi connectivity index (χ4v) is 4.40. The average Bonchev–Trinajstić information content (AvgIpc) is 3.29. The molecule has 0 aromatic heterocycles. The molecule has 9 heteroatoms. The number of rotatable bonds is 7. The molecule has 2 fully saturated rings. The minimum Gasteiger partial charge on any atom is -0.351 e. The van der Waals surface area contributed by atoms with Crippen molar-refractivity contribution in [3.63, 3.8) is 0 Å². The van der Waals surface area contributed by atoms with E-state index in [1.807, 2.05) is 0 Å². The summed E-state index contributed by atoms with van der Waals surface area (Å²) in [4.78, 5) is 41.7. The van der Waals surface area contributed by atoms with Gasteiger partial charge in [0.1, 0.15) is 5.82 Å². The zero-order valence-electron chi connectivity index (χ0n) is 17.8. The zero-order chi connectivity index (χ0) is 22.2.